The lowest BCUT2D eigenvalue weighted by molar-refractivity contribution is -0.555. The summed E-state index contributed by atoms with van der Waals surface area (Å²) in [5.41, 5.74) is 8.53. The van der Waals surface area contributed by atoms with Crippen LogP contribution in [0.25, 0.3) is 22.1 Å². The first-order valence-electron chi connectivity index (χ1n) is 6.75. The van der Waals surface area contributed by atoms with Crippen LogP contribution in [-0.2, 0) is 0 Å². The third-order valence-electron chi connectivity index (χ3n) is 3.70. The fourth-order valence-corrected chi connectivity index (χ4v) is 2.75. The molecule has 0 fully saturated rings. The molecule has 2 aromatic heterocycles. The molecule has 0 aliphatic carbocycles. The van der Waals surface area contributed by atoms with Crippen LogP contribution in [0.4, 0.5) is 5.69 Å². The Hall–Kier alpha value is -2.83. The quantitative estimate of drug-likeness (QED) is 0.523. The van der Waals surface area contributed by atoms with Crippen LogP contribution >= 0.6 is 11.6 Å². The smallest absolute Gasteiger partial charge is 0.406 e. The Morgan fingerprint density at radius 2 is 1.74 bits per heavy atom. The molecule has 0 atom stereocenters. The number of nitrogens with one attached hydrogen (secondary N) is 1. The predicted octanol–water partition coefficient (Wildman–Crippen LogP) is 2.12. The number of hydrogen-bond donors (Lipinski definition) is 2. The molecule has 0 saturated carbocycles. The minimum atomic E-state index is -0.167. The van der Waals surface area contributed by atoms with Gasteiger partial charge in [0.15, 0.2) is 11.2 Å². The van der Waals surface area contributed by atoms with Gasteiger partial charge in [0, 0.05) is 22.2 Å². The highest BCUT2D eigenvalue weighted by molar-refractivity contribution is 6.30. The second-order valence-electron chi connectivity index (χ2n) is 5.05. The highest BCUT2D eigenvalue weighted by Gasteiger charge is 2.20. The van der Waals surface area contributed by atoms with E-state index in [0.29, 0.717) is 21.9 Å². The molecule has 0 spiro atoms. The molecule has 6 nitrogen and oxygen atoms in total. The Bertz CT molecular complexity index is 1070. The average Bonchev–Trinajstić information content (AvgIpc) is 2.86. The lowest BCUT2D eigenvalue weighted by Gasteiger charge is -1.98. The first-order valence-corrected chi connectivity index (χ1v) is 7.13. The number of benzene rings is 2. The highest BCUT2D eigenvalue weighted by Crippen LogP contribution is 2.18. The van der Waals surface area contributed by atoms with Crippen molar-refractivity contribution in [1.82, 2.24) is 9.90 Å². The minimum Gasteiger partial charge on any atom is -0.870 e. The molecule has 0 amide bonds. The van der Waals surface area contributed by atoms with Crippen LogP contribution in [0, 0.1) is 0 Å². The summed E-state index contributed by atoms with van der Waals surface area (Å²) in [6.07, 6.45) is 0. The molecule has 7 heteroatoms. The van der Waals surface area contributed by atoms with Gasteiger partial charge in [0.1, 0.15) is 0 Å². The van der Waals surface area contributed by atoms with Crippen molar-refractivity contribution in [2.45, 2.75) is 0 Å². The lowest BCUT2D eigenvalue weighted by atomic mass is 10.2. The fourth-order valence-electron chi connectivity index (χ4n) is 2.62. The third-order valence-corrected chi connectivity index (χ3v) is 3.95. The number of para-hydroxylation sites is 1. The fraction of sp³-hybridized carbons (Fsp3) is 0. The van der Waals surface area contributed by atoms with Crippen molar-refractivity contribution in [3.8, 4) is 5.69 Å². The number of anilines is 1. The normalized spacial score (nSPS) is 10.8. The van der Waals surface area contributed by atoms with Gasteiger partial charge >= 0.3 is 5.56 Å². The van der Waals surface area contributed by atoms with Gasteiger partial charge in [0.2, 0.25) is 5.52 Å². The number of aromatic nitrogens is 3. The van der Waals surface area contributed by atoms with E-state index in [1.165, 1.54) is 4.68 Å². The number of hydrogen-bond acceptors (Lipinski definition) is 3. The van der Waals surface area contributed by atoms with Crippen LogP contribution in [0.1, 0.15) is 0 Å². The van der Waals surface area contributed by atoms with Crippen molar-refractivity contribution in [3.63, 3.8) is 0 Å². The molecule has 4 N–H and O–H groups in total. The van der Waals surface area contributed by atoms with E-state index in [9.17, 15) is 4.79 Å². The van der Waals surface area contributed by atoms with Crippen LogP contribution in [0.2, 0.25) is 5.02 Å². The van der Waals surface area contributed by atoms with E-state index in [0.717, 1.165) is 10.9 Å². The van der Waals surface area contributed by atoms with Crippen LogP contribution in [-0.4, -0.2) is 15.4 Å². The molecule has 0 aliphatic rings. The van der Waals surface area contributed by atoms with Crippen LogP contribution in [0.5, 0.6) is 0 Å². The summed E-state index contributed by atoms with van der Waals surface area (Å²) in [6.45, 7) is 0. The molecule has 4 rings (SSSR count). The van der Waals surface area contributed by atoms with E-state index in [-0.39, 0.29) is 11.0 Å². The molecule has 116 valence electrons. The average molecular weight is 329 g/mol. The van der Waals surface area contributed by atoms with Gasteiger partial charge in [-0.15, -0.1) is 4.52 Å². The molecule has 0 radical (unpaired) electrons. The molecule has 2 heterocycles. The van der Waals surface area contributed by atoms with Gasteiger partial charge in [-0.25, -0.2) is 4.79 Å². The zero-order valence-corrected chi connectivity index (χ0v) is 12.7. The van der Waals surface area contributed by atoms with Crippen LogP contribution < -0.4 is 15.8 Å². The summed E-state index contributed by atoms with van der Waals surface area (Å²) in [6, 6.07) is 16.4. The molecule has 23 heavy (non-hydrogen) atoms. The highest BCUT2D eigenvalue weighted by atomic mass is 35.5. The topological polar surface area (TPSA) is 97.9 Å². The zero-order valence-electron chi connectivity index (χ0n) is 11.9. The summed E-state index contributed by atoms with van der Waals surface area (Å²) in [7, 11) is 0. The van der Waals surface area contributed by atoms with Crippen molar-refractivity contribution in [1.29, 1.82) is 0 Å². The van der Waals surface area contributed by atoms with E-state index in [2.05, 4.69) is 5.21 Å². The van der Waals surface area contributed by atoms with Gasteiger partial charge in [-0.05, 0) is 36.4 Å². The summed E-state index contributed by atoms with van der Waals surface area (Å²) in [4.78, 5) is 12.6. The van der Waals surface area contributed by atoms with Gasteiger partial charge < -0.3 is 11.2 Å². The number of aromatic amines is 1. The molecule has 0 unspecified atom stereocenters. The Morgan fingerprint density at radius 3 is 2.48 bits per heavy atom. The van der Waals surface area contributed by atoms with Crippen molar-refractivity contribution >= 4 is 33.7 Å². The van der Waals surface area contributed by atoms with Crippen molar-refractivity contribution in [2.24, 2.45) is 0 Å². The summed E-state index contributed by atoms with van der Waals surface area (Å²) < 4.78 is 3.21. The van der Waals surface area contributed by atoms with Crippen molar-refractivity contribution in [2.75, 3.05) is 5.73 Å². The Balaban J connectivity index is 0.00000156. The molecule has 4 aromatic rings. The second kappa shape index (κ2) is 5.42. The number of halogens is 1. The SMILES string of the molecule is Nc1cc2c(=O)n(-c3ccc(Cl)cc3)[nH][n+]2c2ccccc12.[OH-]. The lowest BCUT2D eigenvalue weighted by Crippen LogP contribution is -2.26. The first-order chi connectivity index (χ1) is 10.6. The molecule has 2 aromatic carbocycles. The Kier molecular flexibility index (Phi) is 3.55. The number of nitrogens with two attached hydrogens (primary N) is 1. The maximum absolute atomic E-state index is 12.6. The van der Waals surface area contributed by atoms with Gasteiger partial charge in [0.05, 0.1) is 0 Å². The number of nitrogens with zero attached hydrogens (tertiary/aromatic N) is 2. The number of H-pyrrole nitrogens is 1. The maximum atomic E-state index is 12.6. The third kappa shape index (κ3) is 2.25. The summed E-state index contributed by atoms with van der Waals surface area (Å²) >= 11 is 5.90. The minimum absolute atomic E-state index is 0. The van der Waals surface area contributed by atoms with E-state index in [1.54, 1.807) is 34.8 Å². The monoisotopic (exact) mass is 328 g/mol. The molecular formula is C16H13ClN4O2. The predicted molar refractivity (Wildman–Crippen MR) is 88.4 cm³/mol. The number of nitrogen functional groups attached to an aromatic ring is 1. The van der Waals surface area contributed by atoms with E-state index in [4.69, 9.17) is 17.3 Å². The molecular weight excluding hydrogens is 316 g/mol. The van der Waals surface area contributed by atoms with Crippen molar-refractivity contribution < 1.29 is 9.99 Å². The Morgan fingerprint density at radius 1 is 1.04 bits per heavy atom. The van der Waals surface area contributed by atoms with Crippen LogP contribution in [0.15, 0.2) is 59.4 Å². The van der Waals surface area contributed by atoms with E-state index < -0.39 is 0 Å². The van der Waals surface area contributed by atoms with Gasteiger partial charge in [-0.3, -0.25) is 0 Å². The maximum Gasteiger partial charge on any atom is 0.406 e. The number of pyridine rings is 1. The molecule has 0 aliphatic heterocycles. The Labute approximate surface area is 135 Å². The van der Waals surface area contributed by atoms with E-state index >= 15 is 0 Å². The summed E-state index contributed by atoms with van der Waals surface area (Å²) in [5.74, 6) is 0. The van der Waals surface area contributed by atoms with Gasteiger partial charge in [0.25, 0.3) is 0 Å². The van der Waals surface area contributed by atoms with Crippen LogP contribution in [0.3, 0.4) is 0 Å². The molecule has 0 bridgehead atoms. The standard InChI is InChI=1S/C16H11ClN4O.H2O/c17-10-5-7-11(8-6-10)20-16(22)15-9-13(18)12-3-1-2-4-14(12)21(15)19-20;/h1-9,18-19H;1H2. The summed E-state index contributed by atoms with van der Waals surface area (Å²) in [5, 5.41) is 4.61. The molecule has 0 saturated heterocycles. The van der Waals surface area contributed by atoms with Gasteiger partial charge in [-0.2, -0.15) is 0 Å². The second-order valence-corrected chi connectivity index (χ2v) is 5.49. The zero-order chi connectivity index (χ0) is 15.3. The first kappa shape index (κ1) is 15.1. The number of rotatable bonds is 1. The van der Waals surface area contributed by atoms with Gasteiger partial charge in [-0.1, -0.05) is 33.6 Å². The van der Waals surface area contributed by atoms with Crippen molar-refractivity contribution in [3.05, 3.63) is 70.0 Å². The number of fused-ring (bicyclic) bond motifs is 3. The largest absolute Gasteiger partial charge is 0.870 e. The van der Waals surface area contributed by atoms with E-state index in [1.807, 2.05) is 24.3 Å².